The van der Waals surface area contributed by atoms with Gasteiger partial charge in [-0.1, -0.05) is 12.1 Å². The number of hydrogen-bond acceptors (Lipinski definition) is 5. The zero-order valence-corrected chi connectivity index (χ0v) is 17.4. The first-order chi connectivity index (χ1) is 14.4. The Hall–Kier alpha value is -3.29. The second kappa shape index (κ2) is 8.22. The second-order valence-corrected chi connectivity index (χ2v) is 7.80. The standard InChI is InChI=1S/C22H25FN6O/c1-27(2)22-24-13-18(15-6-4-8-17(23)12-15)20(26-22)16-7-5-11-29(14-16)21(30)19-9-10-25-28(19)3/h4,6,8-10,12-13,16H,5,7,11,14H2,1-3H3/t16-/m1/s1. The molecule has 1 aromatic carbocycles. The predicted molar refractivity (Wildman–Crippen MR) is 113 cm³/mol. The maximum absolute atomic E-state index is 13.9. The van der Waals surface area contributed by atoms with Gasteiger partial charge in [0.05, 0.1) is 5.69 Å². The molecule has 0 unspecified atom stereocenters. The van der Waals surface area contributed by atoms with Crippen LogP contribution >= 0.6 is 0 Å². The summed E-state index contributed by atoms with van der Waals surface area (Å²) in [7, 11) is 5.55. The topological polar surface area (TPSA) is 67.2 Å². The van der Waals surface area contributed by atoms with E-state index >= 15 is 0 Å². The summed E-state index contributed by atoms with van der Waals surface area (Å²) in [6.45, 7) is 1.25. The van der Waals surface area contributed by atoms with Gasteiger partial charge >= 0.3 is 0 Å². The van der Waals surface area contributed by atoms with E-state index in [2.05, 4.69) is 10.1 Å². The van der Waals surface area contributed by atoms with Crippen molar-refractivity contribution in [2.24, 2.45) is 7.05 Å². The summed E-state index contributed by atoms with van der Waals surface area (Å²) in [5.74, 6) is 0.303. The molecule has 1 fully saturated rings. The van der Waals surface area contributed by atoms with Gasteiger partial charge in [-0.2, -0.15) is 5.10 Å². The average molecular weight is 408 g/mol. The normalized spacial score (nSPS) is 16.5. The molecule has 1 aliphatic heterocycles. The van der Waals surface area contributed by atoms with Crippen LogP contribution in [0.1, 0.15) is 34.9 Å². The smallest absolute Gasteiger partial charge is 0.272 e. The highest BCUT2D eigenvalue weighted by Gasteiger charge is 2.29. The Morgan fingerprint density at radius 2 is 2.10 bits per heavy atom. The van der Waals surface area contributed by atoms with Crippen molar-refractivity contribution in [1.82, 2.24) is 24.6 Å². The molecular formula is C22H25FN6O. The summed E-state index contributed by atoms with van der Waals surface area (Å²) >= 11 is 0. The number of anilines is 1. The molecule has 156 valence electrons. The first-order valence-electron chi connectivity index (χ1n) is 10.0. The summed E-state index contributed by atoms with van der Waals surface area (Å²) in [5, 5.41) is 4.11. The number of aromatic nitrogens is 4. The van der Waals surface area contributed by atoms with E-state index in [1.807, 2.05) is 30.0 Å². The molecule has 1 atom stereocenters. The van der Waals surface area contributed by atoms with Crippen molar-refractivity contribution in [3.05, 3.63) is 59.9 Å². The van der Waals surface area contributed by atoms with Crippen molar-refractivity contribution >= 4 is 11.9 Å². The molecule has 1 aliphatic rings. The highest BCUT2D eigenvalue weighted by Crippen LogP contribution is 2.34. The van der Waals surface area contributed by atoms with Crippen molar-refractivity contribution in [2.45, 2.75) is 18.8 Å². The molecule has 7 nitrogen and oxygen atoms in total. The third-order valence-corrected chi connectivity index (χ3v) is 5.48. The molecule has 8 heteroatoms. The molecule has 3 heterocycles. The maximum Gasteiger partial charge on any atom is 0.272 e. The number of halogens is 1. The van der Waals surface area contributed by atoms with E-state index in [1.165, 1.54) is 12.1 Å². The molecule has 0 N–H and O–H groups in total. The van der Waals surface area contributed by atoms with E-state index < -0.39 is 0 Å². The summed E-state index contributed by atoms with van der Waals surface area (Å²) in [6.07, 6.45) is 5.17. The largest absolute Gasteiger partial charge is 0.347 e. The van der Waals surface area contributed by atoms with E-state index in [0.717, 1.165) is 29.7 Å². The van der Waals surface area contributed by atoms with Crippen molar-refractivity contribution in [3.8, 4) is 11.1 Å². The molecule has 0 radical (unpaired) electrons. The SMILES string of the molecule is CN(C)c1ncc(-c2cccc(F)c2)c([C@@H]2CCCN(C(=O)c3ccnn3C)C2)n1. The maximum atomic E-state index is 13.9. The summed E-state index contributed by atoms with van der Waals surface area (Å²) < 4.78 is 15.5. The summed E-state index contributed by atoms with van der Waals surface area (Å²) in [6, 6.07) is 8.21. The number of benzene rings is 1. The molecule has 1 amide bonds. The van der Waals surface area contributed by atoms with Gasteiger partial charge in [-0.25, -0.2) is 14.4 Å². The lowest BCUT2D eigenvalue weighted by molar-refractivity contribution is 0.0695. The highest BCUT2D eigenvalue weighted by molar-refractivity contribution is 5.92. The Morgan fingerprint density at radius 3 is 2.80 bits per heavy atom. The van der Waals surface area contributed by atoms with E-state index in [0.29, 0.717) is 24.7 Å². The van der Waals surface area contributed by atoms with E-state index in [1.54, 1.807) is 36.3 Å². The Bertz CT molecular complexity index is 1060. The van der Waals surface area contributed by atoms with Gasteiger partial charge in [0, 0.05) is 58.1 Å². The lowest BCUT2D eigenvalue weighted by atomic mass is 9.89. The van der Waals surface area contributed by atoms with Gasteiger partial charge in [0.2, 0.25) is 5.95 Å². The second-order valence-electron chi connectivity index (χ2n) is 7.80. The van der Waals surface area contributed by atoms with Gasteiger partial charge in [-0.3, -0.25) is 9.48 Å². The minimum atomic E-state index is -0.299. The number of amides is 1. The zero-order valence-electron chi connectivity index (χ0n) is 17.4. The molecule has 0 aliphatic carbocycles. The van der Waals surface area contributed by atoms with Crippen molar-refractivity contribution in [2.75, 3.05) is 32.1 Å². The Labute approximate surface area is 175 Å². The van der Waals surface area contributed by atoms with Gasteiger partial charge in [-0.05, 0) is 36.6 Å². The molecule has 0 saturated carbocycles. The fourth-order valence-electron chi connectivity index (χ4n) is 3.92. The van der Waals surface area contributed by atoms with Crippen molar-refractivity contribution in [3.63, 3.8) is 0 Å². The lowest BCUT2D eigenvalue weighted by Gasteiger charge is -2.33. The number of rotatable bonds is 4. The average Bonchev–Trinajstić information content (AvgIpc) is 3.18. The number of piperidine rings is 1. The monoisotopic (exact) mass is 408 g/mol. The molecule has 30 heavy (non-hydrogen) atoms. The Kier molecular flexibility index (Phi) is 5.48. The van der Waals surface area contributed by atoms with Gasteiger partial charge in [0.25, 0.3) is 5.91 Å². The van der Waals surface area contributed by atoms with E-state index in [-0.39, 0.29) is 17.6 Å². The summed E-state index contributed by atoms with van der Waals surface area (Å²) in [4.78, 5) is 26.0. The predicted octanol–water partition coefficient (Wildman–Crippen LogP) is 3.10. The minimum Gasteiger partial charge on any atom is -0.347 e. The van der Waals surface area contributed by atoms with Crippen LogP contribution < -0.4 is 4.90 Å². The fourth-order valence-corrected chi connectivity index (χ4v) is 3.92. The molecule has 1 saturated heterocycles. The number of aryl methyl sites for hydroxylation is 1. The van der Waals surface area contributed by atoms with Crippen LogP contribution in [0, 0.1) is 5.82 Å². The first-order valence-corrected chi connectivity index (χ1v) is 10.0. The quantitative estimate of drug-likeness (QED) is 0.664. The van der Waals surface area contributed by atoms with E-state index in [9.17, 15) is 9.18 Å². The van der Waals surface area contributed by atoms with Crippen LogP contribution in [0.25, 0.3) is 11.1 Å². The number of nitrogens with zero attached hydrogens (tertiary/aromatic N) is 6. The Morgan fingerprint density at radius 1 is 1.27 bits per heavy atom. The van der Waals surface area contributed by atoms with Gasteiger partial charge in [0.1, 0.15) is 11.5 Å². The third kappa shape index (κ3) is 3.90. The third-order valence-electron chi connectivity index (χ3n) is 5.48. The zero-order chi connectivity index (χ0) is 21.3. The number of likely N-dealkylation sites (tertiary alicyclic amines) is 1. The number of hydrogen-bond donors (Lipinski definition) is 0. The Balaban J connectivity index is 1.70. The van der Waals surface area contributed by atoms with Gasteiger partial charge in [-0.15, -0.1) is 0 Å². The molecule has 2 aromatic heterocycles. The van der Waals surface area contributed by atoms with Crippen LogP contribution in [0.5, 0.6) is 0 Å². The molecule has 0 spiro atoms. The minimum absolute atomic E-state index is 0.0334. The number of carbonyl (C=O) groups excluding carboxylic acids is 1. The van der Waals surface area contributed by atoms with Crippen LogP contribution in [0.2, 0.25) is 0 Å². The number of carbonyl (C=O) groups is 1. The molecule has 4 rings (SSSR count). The van der Waals surface area contributed by atoms with Crippen LogP contribution in [-0.4, -0.2) is 57.7 Å². The van der Waals surface area contributed by atoms with Crippen molar-refractivity contribution < 1.29 is 9.18 Å². The first kappa shape index (κ1) is 20.0. The molecule has 3 aromatic rings. The lowest BCUT2D eigenvalue weighted by Crippen LogP contribution is -2.40. The van der Waals surface area contributed by atoms with Crippen LogP contribution in [0.15, 0.2) is 42.7 Å². The highest BCUT2D eigenvalue weighted by atomic mass is 19.1. The van der Waals surface area contributed by atoms with Crippen LogP contribution in [0.3, 0.4) is 0 Å². The van der Waals surface area contributed by atoms with Gasteiger partial charge < -0.3 is 9.80 Å². The van der Waals surface area contributed by atoms with E-state index in [4.69, 9.17) is 4.98 Å². The molecular weight excluding hydrogens is 383 g/mol. The van der Waals surface area contributed by atoms with Crippen molar-refractivity contribution in [1.29, 1.82) is 0 Å². The fraction of sp³-hybridized carbons (Fsp3) is 0.364. The van der Waals surface area contributed by atoms with Crippen LogP contribution in [0.4, 0.5) is 10.3 Å². The van der Waals surface area contributed by atoms with Crippen LogP contribution in [-0.2, 0) is 7.05 Å². The van der Waals surface area contributed by atoms with Gasteiger partial charge in [0.15, 0.2) is 0 Å². The summed E-state index contributed by atoms with van der Waals surface area (Å²) in [5.41, 5.74) is 2.96. The molecule has 0 bridgehead atoms.